The molecule has 0 saturated carbocycles. The Morgan fingerprint density at radius 1 is 0.923 bits per heavy atom. The largest absolute Gasteiger partial charge is 0.492 e. The number of fused-ring (bicyclic) bond motifs is 1. The second kappa shape index (κ2) is 12.9. The highest BCUT2D eigenvalue weighted by Crippen LogP contribution is 2.18. The number of carbonyl (C=O) groups excluding carboxylic acids is 1. The van der Waals surface area contributed by atoms with Crippen LogP contribution in [0.2, 0.25) is 0 Å². The second-order valence-electron chi connectivity index (χ2n) is 9.35. The van der Waals surface area contributed by atoms with Gasteiger partial charge in [-0.15, -0.1) is 12.4 Å². The summed E-state index contributed by atoms with van der Waals surface area (Å²) >= 11 is 0. The standard InChI is InChI=1S/C30H31N3O5.ClH/c1-21-4-3-5-27-31-29(22(2)30(35)33(21)27)38-20-23-6-8-24(9-7-23)28(34)25-10-12-26(13-11-25)37-19-16-32-14-17-36-18-15-32;/h3-13H,14-20H2,1-2H3;1H. The van der Waals surface area contributed by atoms with Crippen LogP contribution in [0.3, 0.4) is 0 Å². The number of ether oxygens (including phenoxy) is 3. The van der Waals surface area contributed by atoms with Crippen LogP contribution >= 0.6 is 12.4 Å². The van der Waals surface area contributed by atoms with Gasteiger partial charge in [-0.1, -0.05) is 30.3 Å². The minimum Gasteiger partial charge on any atom is -0.492 e. The van der Waals surface area contributed by atoms with Crippen molar-refractivity contribution in [1.82, 2.24) is 14.3 Å². The van der Waals surface area contributed by atoms with Gasteiger partial charge in [0.25, 0.3) is 5.56 Å². The van der Waals surface area contributed by atoms with Crippen molar-refractivity contribution >= 4 is 23.8 Å². The second-order valence-corrected chi connectivity index (χ2v) is 9.35. The van der Waals surface area contributed by atoms with Gasteiger partial charge in [0.1, 0.15) is 24.6 Å². The van der Waals surface area contributed by atoms with Crippen molar-refractivity contribution in [2.45, 2.75) is 20.5 Å². The summed E-state index contributed by atoms with van der Waals surface area (Å²) in [5, 5.41) is 0. The van der Waals surface area contributed by atoms with Crippen molar-refractivity contribution in [2.75, 3.05) is 39.5 Å². The highest BCUT2D eigenvalue weighted by molar-refractivity contribution is 6.09. The summed E-state index contributed by atoms with van der Waals surface area (Å²) in [4.78, 5) is 32.6. The quantitative estimate of drug-likeness (QED) is 0.289. The molecule has 1 fully saturated rings. The number of halogens is 1. The average Bonchev–Trinajstić information content (AvgIpc) is 2.95. The van der Waals surface area contributed by atoms with Crippen LogP contribution in [0.5, 0.6) is 11.6 Å². The number of hydrogen-bond acceptors (Lipinski definition) is 7. The normalized spacial score (nSPS) is 13.6. The van der Waals surface area contributed by atoms with Gasteiger partial charge in [-0.3, -0.25) is 18.9 Å². The number of hydrogen-bond donors (Lipinski definition) is 0. The van der Waals surface area contributed by atoms with Crippen molar-refractivity contribution in [3.05, 3.63) is 105 Å². The molecule has 2 aromatic heterocycles. The number of rotatable bonds is 9. The first-order valence-corrected chi connectivity index (χ1v) is 12.8. The number of aromatic nitrogens is 2. The third kappa shape index (κ3) is 6.65. The number of ketones is 1. The number of pyridine rings is 1. The molecule has 1 aliphatic heterocycles. The van der Waals surface area contributed by atoms with Gasteiger partial charge in [0.2, 0.25) is 5.88 Å². The van der Waals surface area contributed by atoms with Crippen LogP contribution in [0.15, 0.2) is 71.5 Å². The van der Waals surface area contributed by atoms with E-state index in [1.165, 1.54) is 0 Å². The molecule has 204 valence electrons. The molecule has 1 aliphatic rings. The molecule has 2 aromatic carbocycles. The Bertz CT molecular complexity index is 1480. The zero-order valence-corrected chi connectivity index (χ0v) is 22.9. The van der Waals surface area contributed by atoms with Crippen molar-refractivity contribution in [3.8, 4) is 11.6 Å². The Morgan fingerprint density at radius 2 is 1.59 bits per heavy atom. The molecule has 5 rings (SSSR count). The Labute approximate surface area is 233 Å². The van der Waals surface area contributed by atoms with E-state index in [1.54, 1.807) is 41.7 Å². The zero-order chi connectivity index (χ0) is 26.5. The molecule has 0 N–H and O–H groups in total. The summed E-state index contributed by atoms with van der Waals surface area (Å²) in [6.07, 6.45) is 0. The Kier molecular flexibility index (Phi) is 9.35. The molecule has 0 spiro atoms. The molecule has 0 aliphatic carbocycles. The third-order valence-electron chi connectivity index (χ3n) is 6.71. The molecule has 0 bridgehead atoms. The number of nitrogens with zero attached hydrogens (tertiary/aromatic N) is 3. The fourth-order valence-electron chi connectivity index (χ4n) is 4.43. The fraction of sp³-hybridized carbons (Fsp3) is 0.300. The van der Waals surface area contributed by atoms with Crippen molar-refractivity contribution in [2.24, 2.45) is 0 Å². The van der Waals surface area contributed by atoms with Gasteiger partial charge in [0.15, 0.2) is 5.78 Å². The first kappa shape index (κ1) is 28.3. The molecule has 39 heavy (non-hydrogen) atoms. The predicted octanol–water partition coefficient (Wildman–Crippen LogP) is 4.25. The van der Waals surface area contributed by atoms with Crippen LogP contribution in [0.25, 0.3) is 5.65 Å². The van der Waals surface area contributed by atoms with Gasteiger partial charge in [-0.25, -0.2) is 0 Å². The van der Waals surface area contributed by atoms with Crippen LogP contribution < -0.4 is 15.0 Å². The minimum absolute atomic E-state index is 0. The van der Waals surface area contributed by atoms with E-state index in [1.807, 2.05) is 43.3 Å². The molecule has 0 amide bonds. The first-order valence-electron chi connectivity index (χ1n) is 12.8. The Hall–Kier alpha value is -3.72. The summed E-state index contributed by atoms with van der Waals surface area (Å²) < 4.78 is 18.7. The van der Waals surface area contributed by atoms with E-state index >= 15 is 0 Å². The molecule has 0 unspecified atom stereocenters. The number of morpholine rings is 1. The maximum Gasteiger partial charge on any atom is 0.264 e. The summed E-state index contributed by atoms with van der Waals surface area (Å²) in [7, 11) is 0. The molecule has 4 aromatic rings. The zero-order valence-electron chi connectivity index (χ0n) is 22.1. The highest BCUT2D eigenvalue weighted by Gasteiger charge is 2.13. The van der Waals surface area contributed by atoms with E-state index in [2.05, 4.69) is 9.88 Å². The number of carbonyl (C=O) groups is 1. The maximum atomic E-state index is 13.0. The summed E-state index contributed by atoms with van der Waals surface area (Å²) in [5.41, 5.74) is 3.74. The van der Waals surface area contributed by atoms with E-state index in [9.17, 15) is 9.59 Å². The van der Waals surface area contributed by atoms with E-state index in [0.29, 0.717) is 34.8 Å². The van der Waals surface area contributed by atoms with Crippen molar-refractivity contribution in [1.29, 1.82) is 0 Å². The number of aryl methyl sites for hydroxylation is 1. The topological polar surface area (TPSA) is 82.4 Å². The van der Waals surface area contributed by atoms with Crippen LogP contribution in [0.1, 0.15) is 32.7 Å². The van der Waals surface area contributed by atoms with Crippen LogP contribution in [0.4, 0.5) is 0 Å². The summed E-state index contributed by atoms with van der Waals surface area (Å²) in [6, 6.07) is 20.0. The number of benzene rings is 2. The van der Waals surface area contributed by atoms with Gasteiger partial charge >= 0.3 is 0 Å². The van der Waals surface area contributed by atoms with Gasteiger partial charge in [-0.05, 0) is 55.8 Å². The monoisotopic (exact) mass is 549 g/mol. The lowest BCUT2D eigenvalue weighted by molar-refractivity contribution is 0.0322. The van der Waals surface area contributed by atoms with Crippen molar-refractivity contribution < 1.29 is 19.0 Å². The van der Waals surface area contributed by atoms with Gasteiger partial charge < -0.3 is 14.2 Å². The lowest BCUT2D eigenvalue weighted by Gasteiger charge is -2.26. The van der Waals surface area contributed by atoms with E-state index < -0.39 is 0 Å². The fourth-order valence-corrected chi connectivity index (χ4v) is 4.43. The molecule has 9 heteroatoms. The summed E-state index contributed by atoms with van der Waals surface area (Å²) in [6.45, 7) is 8.68. The van der Waals surface area contributed by atoms with E-state index in [-0.39, 0.29) is 30.4 Å². The SMILES string of the molecule is Cc1c(OCc2ccc(C(=O)c3ccc(OCCN4CCOCC4)cc3)cc2)nc2cccc(C)n2c1=O.Cl. The Balaban J connectivity index is 0.00000353. The van der Waals surface area contributed by atoms with Crippen LogP contribution in [-0.2, 0) is 11.3 Å². The third-order valence-corrected chi connectivity index (χ3v) is 6.71. The minimum atomic E-state index is -0.141. The lowest BCUT2D eigenvalue weighted by atomic mass is 10.0. The lowest BCUT2D eigenvalue weighted by Crippen LogP contribution is -2.38. The molecule has 0 atom stereocenters. The van der Waals surface area contributed by atoms with Gasteiger partial charge in [-0.2, -0.15) is 4.98 Å². The molecular formula is C30H32ClN3O5. The Morgan fingerprint density at radius 3 is 2.28 bits per heavy atom. The summed E-state index contributed by atoms with van der Waals surface area (Å²) in [5.74, 6) is 0.996. The first-order chi connectivity index (χ1) is 18.5. The highest BCUT2D eigenvalue weighted by atomic mass is 35.5. The average molecular weight is 550 g/mol. The maximum absolute atomic E-state index is 13.0. The molecule has 8 nitrogen and oxygen atoms in total. The predicted molar refractivity (Wildman–Crippen MR) is 152 cm³/mol. The molecule has 3 heterocycles. The van der Waals surface area contributed by atoms with Crippen LogP contribution in [-0.4, -0.2) is 59.5 Å². The van der Waals surface area contributed by atoms with Gasteiger partial charge in [0.05, 0.1) is 18.8 Å². The van der Waals surface area contributed by atoms with E-state index in [0.717, 1.165) is 49.9 Å². The van der Waals surface area contributed by atoms with E-state index in [4.69, 9.17) is 14.2 Å². The smallest absolute Gasteiger partial charge is 0.264 e. The van der Waals surface area contributed by atoms with Crippen LogP contribution in [0, 0.1) is 13.8 Å². The van der Waals surface area contributed by atoms with Crippen molar-refractivity contribution in [3.63, 3.8) is 0 Å². The van der Waals surface area contributed by atoms with Gasteiger partial charge in [0, 0.05) is 36.5 Å². The molecule has 1 saturated heterocycles. The molecule has 0 radical (unpaired) electrons. The molecular weight excluding hydrogens is 518 g/mol.